The minimum atomic E-state index is -4.94. The number of para-hydroxylation sites is 1. The third-order valence-corrected chi connectivity index (χ3v) is 6.52. The van der Waals surface area contributed by atoms with Crippen LogP contribution >= 0.6 is 12.4 Å². The van der Waals surface area contributed by atoms with Crippen molar-refractivity contribution in [2.24, 2.45) is 17.6 Å². The van der Waals surface area contributed by atoms with Gasteiger partial charge >= 0.3 is 6.18 Å². The minimum absolute atomic E-state index is 0. The number of hydrogen-bond donors (Lipinski definition) is 4. The highest BCUT2D eigenvalue weighted by Gasteiger charge is 2.57. The van der Waals surface area contributed by atoms with Crippen LogP contribution in [0.1, 0.15) is 50.4 Å². The number of rotatable bonds is 17. The summed E-state index contributed by atoms with van der Waals surface area (Å²) < 4.78 is 54.7. The molecular formula is C26H43ClF3N3O6. The maximum absolute atomic E-state index is 13.2. The number of aliphatic hydroxyl groups is 1. The van der Waals surface area contributed by atoms with Crippen LogP contribution in [0.2, 0.25) is 0 Å². The van der Waals surface area contributed by atoms with Gasteiger partial charge in [0.15, 0.2) is 0 Å². The molecule has 1 aromatic rings. The number of unbranched alkanes of at least 4 members (excludes halogenated alkanes) is 1. The standard InChI is InChI=1S/C26H42F3N3O6.ClH/c1-17(2)18(14-20(30)21(33)16-32-24(35)25(3,37-5)26(27,28)29)15-31-23(34)19-10-6-7-11-22(19)38-13-9-8-12-36-4;/h6-7,10-11,17-18,20-21,33H,8-9,12-16,30H2,1-5H3,(H,31,34)(H,32,35);1H/t18-,20+,21+,25-;/m1./s1. The van der Waals surface area contributed by atoms with Crippen molar-refractivity contribution in [2.45, 2.75) is 64.0 Å². The fraction of sp³-hybridized carbons (Fsp3) is 0.692. The molecule has 0 fully saturated rings. The van der Waals surface area contributed by atoms with E-state index in [1.54, 1.807) is 31.4 Å². The monoisotopic (exact) mass is 585 g/mol. The van der Waals surface area contributed by atoms with E-state index in [0.29, 0.717) is 31.5 Å². The Morgan fingerprint density at radius 3 is 2.23 bits per heavy atom. The lowest BCUT2D eigenvalue weighted by atomic mass is 9.87. The molecule has 0 aliphatic heterocycles. The second-order valence-corrected chi connectivity index (χ2v) is 9.67. The minimum Gasteiger partial charge on any atom is -0.493 e. The molecule has 0 aliphatic carbocycles. The predicted molar refractivity (Wildman–Crippen MR) is 144 cm³/mol. The maximum atomic E-state index is 13.2. The van der Waals surface area contributed by atoms with Crippen molar-refractivity contribution >= 4 is 24.2 Å². The summed E-state index contributed by atoms with van der Waals surface area (Å²) in [4.78, 5) is 25.0. The van der Waals surface area contributed by atoms with Crippen LogP contribution in [0.5, 0.6) is 5.75 Å². The molecule has 2 amide bonds. The van der Waals surface area contributed by atoms with Gasteiger partial charge in [0.25, 0.3) is 11.8 Å². The van der Waals surface area contributed by atoms with Crippen molar-refractivity contribution in [3.8, 4) is 5.75 Å². The molecule has 0 heterocycles. The summed E-state index contributed by atoms with van der Waals surface area (Å²) in [5.41, 5.74) is 3.44. The summed E-state index contributed by atoms with van der Waals surface area (Å²) in [7, 11) is 2.41. The third kappa shape index (κ3) is 11.5. The smallest absolute Gasteiger partial charge is 0.426 e. The lowest BCUT2D eigenvalue weighted by Crippen LogP contribution is -2.58. The predicted octanol–water partition coefficient (Wildman–Crippen LogP) is 3.08. The fourth-order valence-electron chi connectivity index (χ4n) is 3.58. The summed E-state index contributed by atoms with van der Waals surface area (Å²) in [5.74, 6) is -1.37. The molecule has 39 heavy (non-hydrogen) atoms. The summed E-state index contributed by atoms with van der Waals surface area (Å²) in [6.45, 7) is 5.31. The van der Waals surface area contributed by atoms with E-state index in [0.717, 1.165) is 20.0 Å². The first-order valence-corrected chi connectivity index (χ1v) is 12.6. The van der Waals surface area contributed by atoms with E-state index >= 15 is 0 Å². The van der Waals surface area contributed by atoms with E-state index in [-0.39, 0.29) is 43.1 Å². The number of benzene rings is 1. The molecule has 0 unspecified atom stereocenters. The van der Waals surface area contributed by atoms with E-state index in [1.807, 2.05) is 13.8 Å². The summed E-state index contributed by atoms with van der Waals surface area (Å²) in [5, 5.41) is 15.3. The number of methoxy groups -OCH3 is 2. The number of carbonyl (C=O) groups excluding carboxylic acids is 2. The summed E-state index contributed by atoms with van der Waals surface area (Å²) in [6, 6.07) is 6.04. The maximum Gasteiger partial charge on any atom is 0.426 e. The zero-order valence-electron chi connectivity index (χ0n) is 23.2. The third-order valence-electron chi connectivity index (χ3n) is 6.52. The Kier molecular flexibility index (Phi) is 16.6. The van der Waals surface area contributed by atoms with Crippen molar-refractivity contribution in [3.05, 3.63) is 29.8 Å². The molecular weight excluding hydrogens is 543 g/mol. The molecule has 4 atom stereocenters. The summed E-state index contributed by atoms with van der Waals surface area (Å²) >= 11 is 0. The average molecular weight is 586 g/mol. The second kappa shape index (κ2) is 17.5. The van der Waals surface area contributed by atoms with E-state index in [1.165, 1.54) is 0 Å². The van der Waals surface area contributed by atoms with Crippen LogP contribution in [0.4, 0.5) is 13.2 Å². The molecule has 0 spiro atoms. The van der Waals surface area contributed by atoms with Crippen LogP contribution in [0.25, 0.3) is 0 Å². The normalized spacial score (nSPS) is 15.5. The van der Waals surface area contributed by atoms with Crippen molar-refractivity contribution < 1.29 is 42.1 Å². The van der Waals surface area contributed by atoms with Crippen LogP contribution < -0.4 is 21.1 Å². The zero-order chi connectivity index (χ0) is 28.9. The number of amides is 2. The largest absolute Gasteiger partial charge is 0.493 e. The Bertz CT molecular complexity index is 878. The van der Waals surface area contributed by atoms with Gasteiger partial charge in [-0.3, -0.25) is 9.59 Å². The fourth-order valence-corrected chi connectivity index (χ4v) is 3.58. The van der Waals surface area contributed by atoms with Gasteiger partial charge in [0.05, 0.1) is 18.3 Å². The second-order valence-electron chi connectivity index (χ2n) is 9.67. The molecule has 0 radical (unpaired) electrons. The Labute approximate surface area is 234 Å². The molecule has 0 aliphatic rings. The Balaban J connectivity index is 0.0000144. The molecule has 13 heteroatoms. The number of aliphatic hydroxyl groups excluding tert-OH is 1. The average Bonchev–Trinajstić information content (AvgIpc) is 2.87. The number of carbonyl (C=O) groups is 2. The highest BCUT2D eigenvalue weighted by atomic mass is 35.5. The van der Waals surface area contributed by atoms with E-state index in [9.17, 15) is 27.9 Å². The van der Waals surface area contributed by atoms with Crippen molar-refractivity contribution in [3.63, 3.8) is 0 Å². The van der Waals surface area contributed by atoms with Gasteiger partial charge in [0.2, 0.25) is 5.60 Å². The first-order valence-electron chi connectivity index (χ1n) is 12.6. The number of alkyl halides is 3. The number of ether oxygens (including phenoxy) is 3. The van der Waals surface area contributed by atoms with Gasteiger partial charge in [-0.2, -0.15) is 13.2 Å². The van der Waals surface area contributed by atoms with Gasteiger partial charge < -0.3 is 35.7 Å². The highest BCUT2D eigenvalue weighted by Crippen LogP contribution is 2.33. The zero-order valence-corrected chi connectivity index (χ0v) is 24.0. The van der Waals surface area contributed by atoms with E-state index in [2.05, 4.69) is 15.4 Å². The van der Waals surface area contributed by atoms with Crippen LogP contribution in [0, 0.1) is 11.8 Å². The van der Waals surface area contributed by atoms with Gasteiger partial charge in [-0.1, -0.05) is 26.0 Å². The number of halogens is 4. The van der Waals surface area contributed by atoms with Gasteiger partial charge in [0.1, 0.15) is 5.75 Å². The number of nitrogens with two attached hydrogens (primary N) is 1. The molecule has 0 saturated heterocycles. The quantitative estimate of drug-likeness (QED) is 0.207. The molecule has 1 rings (SSSR count). The molecule has 0 aromatic heterocycles. The molecule has 226 valence electrons. The first kappa shape index (κ1) is 36.9. The Hall–Kier alpha value is -2.12. The van der Waals surface area contributed by atoms with Crippen molar-refractivity contribution in [1.82, 2.24) is 10.6 Å². The van der Waals surface area contributed by atoms with Crippen LogP contribution in [0.15, 0.2) is 24.3 Å². The lowest BCUT2D eigenvalue weighted by molar-refractivity contribution is -0.253. The first-order chi connectivity index (χ1) is 17.8. The van der Waals surface area contributed by atoms with Crippen LogP contribution in [-0.4, -0.2) is 81.4 Å². The van der Waals surface area contributed by atoms with Gasteiger partial charge in [-0.25, -0.2) is 0 Å². The van der Waals surface area contributed by atoms with Crippen molar-refractivity contribution in [2.75, 3.05) is 40.5 Å². The topological polar surface area (TPSA) is 132 Å². The van der Waals surface area contributed by atoms with E-state index in [4.69, 9.17) is 15.2 Å². The lowest BCUT2D eigenvalue weighted by Gasteiger charge is -2.31. The highest BCUT2D eigenvalue weighted by molar-refractivity contribution is 5.96. The molecule has 9 nitrogen and oxygen atoms in total. The van der Waals surface area contributed by atoms with Crippen LogP contribution in [0.3, 0.4) is 0 Å². The Morgan fingerprint density at radius 2 is 1.67 bits per heavy atom. The van der Waals surface area contributed by atoms with E-state index < -0.39 is 36.4 Å². The molecule has 5 N–H and O–H groups in total. The van der Waals surface area contributed by atoms with Gasteiger partial charge in [-0.15, -0.1) is 12.4 Å². The summed E-state index contributed by atoms with van der Waals surface area (Å²) in [6.07, 6.45) is -4.37. The number of hydrogen-bond acceptors (Lipinski definition) is 7. The molecule has 0 bridgehead atoms. The van der Waals surface area contributed by atoms with Gasteiger partial charge in [0, 0.05) is 40.0 Å². The molecule has 0 saturated carbocycles. The number of nitrogens with one attached hydrogen (secondary N) is 2. The Morgan fingerprint density at radius 1 is 1.05 bits per heavy atom. The van der Waals surface area contributed by atoms with Crippen molar-refractivity contribution in [1.29, 1.82) is 0 Å². The molecule has 1 aromatic carbocycles. The van der Waals surface area contributed by atoms with Gasteiger partial charge in [-0.05, 0) is 50.2 Å². The van der Waals surface area contributed by atoms with Crippen LogP contribution in [-0.2, 0) is 14.3 Å². The SMILES string of the molecule is COCCCCOc1ccccc1C(=O)NC[C@@H](C[C@H](N)[C@@H](O)CNC(=O)[C@@](C)(OC)C(F)(F)F)C(C)C.Cl.